The van der Waals surface area contributed by atoms with Crippen molar-refractivity contribution < 1.29 is 9.53 Å². The molecule has 0 aromatic heterocycles. The summed E-state index contributed by atoms with van der Waals surface area (Å²) in [4.78, 5) is 13.4. The zero-order chi connectivity index (χ0) is 11.5. The van der Waals surface area contributed by atoms with Crippen molar-refractivity contribution in [2.24, 2.45) is 5.41 Å². The molecule has 4 nitrogen and oxygen atoms in total. The van der Waals surface area contributed by atoms with E-state index in [2.05, 4.69) is 26.1 Å². The molecule has 0 aromatic rings. The second-order valence-electron chi connectivity index (χ2n) is 5.40. The van der Waals surface area contributed by atoms with Crippen molar-refractivity contribution in [2.45, 2.75) is 26.9 Å². The maximum atomic E-state index is 11.6. The van der Waals surface area contributed by atoms with Crippen LogP contribution in [0, 0.1) is 5.41 Å². The normalized spacial score (nSPS) is 17.3. The largest absolute Gasteiger partial charge is 0.366 e. The second kappa shape index (κ2) is 4.94. The molecule has 1 aliphatic rings. The molecule has 0 saturated carbocycles. The van der Waals surface area contributed by atoms with Crippen molar-refractivity contribution in [1.82, 2.24) is 10.2 Å². The zero-order valence-corrected chi connectivity index (χ0v) is 10.2. The van der Waals surface area contributed by atoms with Crippen LogP contribution < -0.4 is 5.32 Å². The van der Waals surface area contributed by atoms with Gasteiger partial charge in [-0.25, -0.2) is 0 Å². The smallest absolute Gasteiger partial charge is 0.248 e. The van der Waals surface area contributed by atoms with Crippen molar-refractivity contribution in [1.29, 1.82) is 0 Å². The number of hydrogen-bond acceptors (Lipinski definition) is 3. The van der Waals surface area contributed by atoms with E-state index in [0.717, 1.165) is 19.6 Å². The van der Waals surface area contributed by atoms with Crippen LogP contribution in [-0.4, -0.2) is 50.2 Å². The first-order valence-corrected chi connectivity index (χ1v) is 5.45. The Morgan fingerprint density at radius 3 is 2.47 bits per heavy atom. The van der Waals surface area contributed by atoms with Gasteiger partial charge in [-0.1, -0.05) is 20.8 Å². The minimum atomic E-state index is 0.0665. The lowest BCUT2D eigenvalue weighted by Crippen LogP contribution is -2.50. The Morgan fingerprint density at radius 1 is 1.47 bits per heavy atom. The van der Waals surface area contributed by atoms with Crippen LogP contribution in [0.4, 0.5) is 0 Å². The van der Waals surface area contributed by atoms with E-state index in [1.807, 2.05) is 7.05 Å². The minimum Gasteiger partial charge on any atom is -0.366 e. The Kier molecular flexibility index (Phi) is 4.11. The van der Waals surface area contributed by atoms with Crippen LogP contribution in [0.25, 0.3) is 0 Å². The molecule has 1 fully saturated rings. The molecule has 1 aliphatic heterocycles. The third-order valence-corrected chi connectivity index (χ3v) is 2.32. The number of ether oxygens (including phenoxy) is 1. The van der Waals surface area contributed by atoms with E-state index in [0.29, 0.717) is 0 Å². The summed E-state index contributed by atoms with van der Waals surface area (Å²) in [5, 5.41) is 3.10. The molecule has 1 rings (SSSR count). The van der Waals surface area contributed by atoms with Gasteiger partial charge in [0.1, 0.15) is 6.61 Å². The summed E-state index contributed by atoms with van der Waals surface area (Å²) in [6, 6.07) is 0. The molecule has 1 N–H and O–H groups in total. The molecule has 88 valence electrons. The second-order valence-corrected chi connectivity index (χ2v) is 5.40. The number of likely N-dealkylation sites (N-methyl/N-ethyl adjacent to an activating group) is 1. The number of carbonyl (C=O) groups excluding carboxylic acids is 1. The molecule has 1 amide bonds. The molecule has 0 aromatic carbocycles. The molecule has 15 heavy (non-hydrogen) atoms. The van der Waals surface area contributed by atoms with Gasteiger partial charge >= 0.3 is 0 Å². The average molecular weight is 214 g/mol. The van der Waals surface area contributed by atoms with Crippen molar-refractivity contribution in [3.63, 3.8) is 0 Å². The predicted molar refractivity (Wildman–Crippen MR) is 59.7 cm³/mol. The van der Waals surface area contributed by atoms with E-state index in [4.69, 9.17) is 4.74 Å². The van der Waals surface area contributed by atoms with E-state index >= 15 is 0 Å². The topological polar surface area (TPSA) is 41.6 Å². The fourth-order valence-electron chi connectivity index (χ4n) is 1.48. The van der Waals surface area contributed by atoms with Gasteiger partial charge in [-0.15, -0.1) is 0 Å². The van der Waals surface area contributed by atoms with Crippen molar-refractivity contribution in [2.75, 3.05) is 33.3 Å². The average Bonchev–Trinajstić information content (AvgIpc) is 1.97. The van der Waals surface area contributed by atoms with Gasteiger partial charge in [-0.3, -0.25) is 4.79 Å². The van der Waals surface area contributed by atoms with Gasteiger partial charge in [0.2, 0.25) is 5.91 Å². The number of nitrogens with one attached hydrogen (secondary N) is 1. The lowest BCUT2D eigenvalue weighted by molar-refractivity contribution is -0.139. The third-order valence-electron chi connectivity index (χ3n) is 2.32. The van der Waals surface area contributed by atoms with Crippen molar-refractivity contribution in [3.8, 4) is 0 Å². The Hall–Kier alpha value is -0.610. The Morgan fingerprint density at radius 2 is 2.07 bits per heavy atom. The van der Waals surface area contributed by atoms with Crippen LogP contribution in [0.5, 0.6) is 0 Å². The molecular weight excluding hydrogens is 192 g/mol. The third kappa shape index (κ3) is 4.62. The van der Waals surface area contributed by atoms with Gasteiger partial charge in [0.05, 0.1) is 6.10 Å². The number of hydrogen-bond donors (Lipinski definition) is 1. The highest BCUT2D eigenvalue weighted by molar-refractivity contribution is 5.77. The molecule has 0 radical (unpaired) electrons. The highest BCUT2D eigenvalue weighted by Crippen LogP contribution is 2.14. The van der Waals surface area contributed by atoms with Crippen LogP contribution in [0.3, 0.4) is 0 Å². The molecular formula is C11H22N2O2. The first kappa shape index (κ1) is 12.5. The zero-order valence-electron chi connectivity index (χ0n) is 10.2. The van der Waals surface area contributed by atoms with Crippen LogP contribution in [-0.2, 0) is 9.53 Å². The number of nitrogens with zero attached hydrogens (tertiary/aromatic N) is 1. The fourth-order valence-corrected chi connectivity index (χ4v) is 1.48. The molecule has 0 atom stereocenters. The van der Waals surface area contributed by atoms with Gasteiger partial charge in [-0.2, -0.15) is 0 Å². The summed E-state index contributed by atoms with van der Waals surface area (Å²) in [5.74, 6) is 0.0665. The molecule has 0 spiro atoms. The van der Waals surface area contributed by atoms with Crippen LogP contribution in [0.2, 0.25) is 0 Å². The Labute approximate surface area is 92.0 Å². The molecule has 1 saturated heterocycles. The highest BCUT2D eigenvalue weighted by atomic mass is 16.5. The maximum Gasteiger partial charge on any atom is 0.248 e. The fraction of sp³-hybridized carbons (Fsp3) is 0.909. The number of carbonyl (C=O) groups is 1. The van der Waals surface area contributed by atoms with Crippen LogP contribution in [0.15, 0.2) is 0 Å². The molecule has 1 heterocycles. The van der Waals surface area contributed by atoms with Crippen molar-refractivity contribution >= 4 is 5.91 Å². The summed E-state index contributed by atoms with van der Waals surface area (Å²) in [6.45, 7) is 9.07. The van der Waals surface area contributed by atoms with E-state index < -0.39 is 0 Å². The van der Waals surface area contributed by atoms with E-state index in [9.17, 15) is 4.79 Å². The summed E-state index contributed by atoms with van der Waals surface area (Å²) < 4.78 is 5.42. The number of rotatable bonds is 4. The predicted octanol–water partition coefficient (Wildman–Crippen LogP) is 0.479. The lowest BCUT2D eigenvalue weighted by atomic mass is 9.96. The van der Waals surface area contributed by atoms with Gasteiger partial charge in [0.25, 0.3) is 0 Å². The van der Waals surface area contributed by atoms with Gasteiger partial charge in [0, 0.05) is 26.7 Å². The molecule has 0 aliphatic carbocycles. The number of amides is 1. The Balaban J connectivity index is 2.20. The quantitative estimate of drug-likeness (QED) is 0.740. The summed E-state index contributed by atoms with van der Waals surface area (Å²) >= 11 is 0. The summed E-state index contributed by atoms with van der Waals surface area (Å²) in [7, 11) is 1.83. The van der Waals surface area contributed by atoms with Crippen molar-refractivity contribution in [3.05, 3.63) is 0 Å². The first-order chi connectivity index (χ1) is 6.88. The summed E-state index contributed by atoms with van der Waals surface area (Å²) in [5.41, 5.74) is 0.141. The van der Waals surface area contributed by atoms with Gasteiger partial charge in [-0.05, 0) is 5.41 Å². The standard InChI is InChI=1S/C11H22N2O2/c1-11(2,3)8-13(4)10(14)7-15-9-5-12-6-9/h9,12H,5-8H2,1-4H3. The monoisotopic (exact) mass is 214 g/mol. The lowest BCUT2D eigenvalue weighted by Gasteiger charge is -2.29. The van der Waals surface area contributed by atoms with E-state index in [1.54, 1.807) is 4.90 Å². The van der Waals surface area contributed by atoms with Crippen LogP contribution in [0.1, 0.15) is 20.8 Å². The van der Waals surface area contributed by atoms with E-state index in [1.165, 1.54) is 0 Å². The summed E-state index contributed by atoms with van der Waals surface area (Å²) in [6.07, 6.45) is 0.233. The Bertz CT molecular complexity index is 219. The molecule has 0 bridgehead atoms. The van der Waals surface area contributed by atoms with Crippen LogP contribution >= 0.6 is 0 Å². The molecule has 4 heteroatoms. The van der Waals surface area contributed by atoms with Gasteiger partial charge < -0.3 is 15.0 Å². The first-order valence-electron chi connectivity index (χ1n) is 5.45. The maximum absolute atomic E-state index is 11.6. The molecule has 0 unspecified atom stereocenters. The van der Waals surface area contributed by atoms with Gasteiger partial charge in [0.15, 0.2) is 0 Å². The van der Waals surface area contributed by atoms with E-state index in [-0.39, 0.29) is 24.0 Å². The highest BCUT2D eigenvalue weighted by Gasteiger charge is 2.21. The minimum absolute atomic E-state index is 0.0665. The SMILES string of the molecule is CN(CC(C)(C)C)C(=O)COC1CNC1.